The lowest BCUT2D eigenvalue weighted by molar-refractivity contribution is -0.275. The van der Waals surface area contributed by atoms with Crippen molar-refractivity contribution in [3.05, 3.63) is 93.7 Å². The molecule has 0 fully saturated rings. The molecule has 1 atom stereocenters. The molecule has 0 bridgehead atoms. The molecule has 178 valence electrons. The second-order valence-corrected chi connectivity index (χ2v) is 9.67. The molecule has 4 rings (SSSR count). The lowest BCUT2D eigenvalue weighted by atomic mass is 9.86. The zero-order valence-corrected chi connectivity index (χ0v) is 19.1. The van der Waals surface area contributed by atoms with E-state index < -0.39 is 39.0 Å². The highest BCUT2D eigenvalue weighted by Gasteiger charge is 2.62. The van der Waals surface area contributed by atoms with Gasteiger partial charge < -0.3 is 9.02 Å². The maximum absolute atomic E-state index is 14.1. The van der Waals surface area contributed by atoms with Gasteiger partial charge >= 0.3 is 16.3 Å². The third-order valence-corrected chi connectivity index (χ3v) is 6.73. The Kier molecular flexibility index (Phi) is 6.26. The standard InChI is InChI=1S/C22H13Cl2F4NO4S/c23-15-9-14(10-16(24)11-15)21(22(26,27)28)12-19(29-33-21)13-5-7-17(8-6-13)32-34(30,31)20-4-2-1-3-18(20)25/h1-11H,12H2. The quantitative estimate of drug-likeness (QED) is 0.278. The number of rotatable bonds is 5. The van der Waals surface area contributed by atoms with Crippen molar-refractivity contribution in [3.63, 3.8) is 0 Å². The number of oxime groups is 1. The molecule has 12 heteroatoms. The fourth-order valence-electron chi connectivity index (χ4n) is 3.37. The van der Waals surface area contributed by atoms with Crippen LogP contribution in [-0.2, 0) is 20.6 Å². The Bertz CT molecular complexity index is 1360. The van der Waals surface area contributed by atoms with Gasteiger partial charge in [-0.25, -0.2) is 4.39 Å². The molecular weight excluding hydrogens is 521 g/mol. The van der Waals surface area contributed by atoms with Crippen LogP contribution in [0.25, 0.3) is 0 Å². The van der Waals surface area contributed by atoms with Crippen molar-refractivity contribution >= 4 is 39.0 Å². The summed E-state index contributed by atoms with van der Waals surface area (Å²) in [6, 6.07) is 13.2. The summed E-state index contributed by atoms with van der Waals surface area (Å²) in [5, 5.41) is 3.63. The first-order valence-electron chi connectivity index (χ1n) is 9.49. The van der Waals surface area contributed by atoms with E-state index in [9.17, 15) is 26.0 Å². The van der Waals surface area contributed by atoms with Crippen LogP contribution >= 0.6 is 23.2 Å². The zero-order chi connectivity index (χ0) is 24.7. The second kappa shape index (κ2) is 8.75. The van der Waals surface area contributed by atoms with Crippen LogP contribution in [0.2, 0.25) is 10.0 Å². The molecule has 3 aromatic carbocycles. The van der Waals surface area contributed by atoms with E-state index in [1.165, 1.54) is 42.5 Å². The molecule has 0 saturated carbocycles. The van der Waals surface area contributed by atoms with Crippen molar-refractivity contribution in [1.29, 1.82) is 0 Å². The third kappa shape index (κ3) is 4.57. The van der Waals surface area contributed by atoms with Gasteiger partial charge in [0.25, 0.3) is 5.60 Å². The fraction of sp³-hybridized carbons (Fsp3) is 0.136. The average molecular weight is 534 g/mol. The monoisotopic (exact) mass is 533 g/mol. The largest absolute Gasteiger partial charge is 0.435 e. The van der Waals surface area contributed by atoms with Crippen molar-refractivity contribution in [2.24, 2.45) is 5.16 Å². The van der Waals surface area contributed by atoms with Crippen LogP contribution in [0.5, 0.6) is 5.75 Å². The zero-order valence-electron chi connectivity index (χ0n) is 16.8. The Balaban J connectivity index is 1.59. The Labute approximate surface area is 201 Å². The summed E-state index contributed by atoms with van der Waals surface area (Å²) in [5.41, 5.74) is -2.93. The van der Waals surface area contributed by atoms with Gasteiger partial charge in [-0.1, -0.05) is 40.5 Å². The molecule has 1 heterocycles. The van der Waals surface area contributed by atoms with Gasteiger partial charge in [0.2, 0.25) is 0 Å². The molecule has 1 aliphatic rings. The lowest BCUT2D eigenvalue weighted by Crippen LogP contribution is -2.42. The number of alkyl halides is 3. The maximum Gasteiger partial charge on any atom is 0.435 e. The van der Waals surface area contributed by atoms with E-state index in [0.717, 1.165) is 24.3 Å². The highest BCUT2D eigenvalue weighted by atomic mass is 35.5. The Morgan fingerprint density at radius 2 is 1.59 bits per heavy atom. The first-order chi connectivity index (χ1) is 15.9. The molecule has 0 N–H and O–H groups in total. The van der Waals surface area contributed by atoms with E-state index in [2.05, 4.69) is 5.16 Å². The molecule has 0 saturated heterocycles. The van der Waals surface area contributed by atoms with Gasteiger partial charge in [0.1, 0.15) is 16.5 Å². The smallest absolute Gasteiger partial charge is 0.379 e. The average Bonchev–Trinajstić information content (AvgIpc) is 3.20. The highest BCUT2D eigenvalue weighted by Crippen LogP contribution is 2.49. The molecule has 34 heavy (non-hydrogen) atoms. The van der Waals surface area contributed by atoms with E-state index in [4.69, 9.17) is 32.2 Å². The van der Waals surface area contributed by atoms with Crippen LogP contribution in [0, 0.1) is 5.82 Å². The van der Waals surface area contributed by atoms with Crippen LogP contribution in [0.1, 0.15) is 17.5 Å². The summed E-state index contributed by atoms with van der Waals surface area (Å²) < 4.78 is 85.7. The minimum atomic E-state index is -4.86. The van der Waals surface area contributed by atoms with Crippen LogP contribution in [0.4, 0.5) is 17.6 Å². The summed E-state index contributed by atoms with van der Waals surface area (Å²) in [6.07, 6.45) is -5.54. The summed E-state index contributed by atoms with van der Waals surface area (Å²) in [5.74, 6) is -1.16. The lowest BCUT2D eigenvalue weighted by Gasteiger charge is -2.29. The number of hydrogen-bond acceptors (Lipinski definition) is 5. The van der Waals surface area contributed by atoms with E-state index in [-0.39, 0.29) is 32.6 Å². The SMILES string of the molecule is O=S(=O)(Oc1ccc(C2=NOC(c3cc(Cl)cc(Cl)c3)(C(F)(F)F)C2)cc1)c1ccccc1F. The van der Waals surface area contributed by atoms with Crippen molar-refractivity contribution in [3.8, 4) is 5.75 Å². The first kappa shape index (κ1) is 24.3. The van der Waals surface area contributed by atoms with E-state index in [0.29, 0.717) is 0 Å². The van der Waals surface area contributed by atoms with E-state index in [1.807, 2.05) is 0 Å². The summed E-state index contributed by atoms with van der Waals surface area (Å²) >= 11 is 11.8. The van der Waals surface area contributed by atoms with Gasteiger partial charge in [0.15, 0.2) is 0 Å². The summed E-state index contributed by atoms with van der Waals surface area (Å²) in [4.78, 5) is 4.28. The Morgan fingerprint density at radius 3 is 2.18 bits per heavy atom. The van der Waals surface area contributed by atoms with Gasteiger partial charge in [-0.3, -0.25) is 0 Å². The first-order valence-corrected chi connectivity index (χ1v) is 11.7. The number of nitrogens with zero attached hydrogens (tertiary/aromatic N) is 1. The predicted molar refractivity (Wildman–Crippen MR) is 117 cm³/mol. The van der Waals surface area contributed by atoms with Crippen molar-refractivity contribution in [2.75, 3.05) is 0 Å². The topological polar surface area (TPSA) is 65.0 Å². The van der Waals surface area contributed by atoms with Gasteiger partial charge in [-0.05, 0) is 60.2 Å². The maximum atomic E-state index is 14.1. The molecule has 3 aromatic rings. The van der Waals surface area contributed by atoms with Gasteiger partial charge in [0, 0.05) is 22.0 Å². The van der Waals surface area contributed by atoms with Gasteiger partial charge in [0.05, 0.1) is 5.71 Å². The van der Waals surface area contributed by atoms with Crippen LogP contribution in [0.15, 0.2) is 76.8 Å². The molecular formula is C22H13Cl2F4NO4S. The number of benzene rings is 3. The van der Waals surface area contributed by atoms with Crippen LogP contribution < -0.4 is 4.18 Å². The van der Waals surface area contributed by atoms with Crippen LogP contribution in [-0.4, -0.2) is 20.3 Å². The minimum absolute atomic E-state index is 0.000684. The normalized spacial score (nSPS) is 18.4. The molecule has 0 spiro atoms. The Morgan fingerprint density at radius 1 is 0.971 bits per heavy atom. The van der Waals surface area contributed by atoms with Crippen LogP contribution in [0.3, 0.4) is 0 Å². The Hall–Kier alpha value is -2.82. The second-order valence-electron chi connectivity index (χ2n) is 7.28. The van der Waals surface area contributed by atoms with Crippen molar-refractivity contribution in [1.82, 2.24) is 0 Å². The summed E-state index contributed by atoms with van der Waals surface area (Å²) in [7, 11) is -4.46. The highest BCUT2D eigenvalue weighted by molar-refractivity contribution is 7.87. The number of halogens is 6. The van der Waals surface area contributed by atoms with Crippen molar-refractivity contribution < 1.29 is 35.0 Å². The molecule has 0 amide bonds. The van der Waals surface area contributed by atoms with E-state index in [1.54, 1.807) is 0 Å². The molecule has 1 aliphatic heterocycles. The summed E-state index contributed by atoms with van der Waals surface area (Å²) in [6.45, 7) is 0. The predicted octanol–water partition coefficient (Wildman–Crippen LogP) is 6.48. The molecule has 0 radical (unpaired) electrons. The molecule has 5 nitrogen and oxygen atoms in total. The van der Waals surface area contributed by atoms with E-state index >= 15 is 0 Å². The number of hydrogen-bond donors (Lipinski definition) is 0. The van der Waals surface area contributed by atoms with Gasteiger partial charge in [-0.2, -0.15) is 21.6 Å². The molecule has 1 unspecified atom stereocenters. The minimum Gasteiger partial charge on any atom is -0.379 e. The molecule has 0 aromatic heterocycles. The van der Waals surface area contributed by atoms with Crippen molar-refractivity contribution in [2.45, 2.75) is 23.1 Å². The van der Waals surface area contributed by atoms with Gasteiger partial charge in [-0.15, -0.1) is 0 Å². The molecule has 0 aliphatic carbocycles. The fourth-order valence-corrected chi connectivity index (χ4v) is 4.90. The third-order valence-electron chi connectivity index (χ3n) is 5.01.